The van der Waals surface area contributed by atoms with Gasteiger partial charge in [-0.3, -0.25) is 0 Å². The van der Waals surface area contributed by atoms with Crippen LogP contribution in [0, 0.1) is 6.92 Å². The molecular formula is C33H34N6O2. The highest BCUT2D eigenvalue weighted by atomic mass is 16.5. The molecule has 0 radical (unpaired) electrons. The lowest BCUT2D eigenvalue weighted by Crippen LogP contribution is -2.38. The summed E-state index contributed by atoms with van der Waals surface area (Å²) in [5.41, 5.74) is 4.32. The zero-order valence-corrected chi connectivity index (χ0v) is 23.0. The van der Waals surface area contributed by atoms with Gasteiger partial charge in [0.25, 0.3) is 0 Å². The second-order valence-electron chi connectivity index (χ2n) is 10.3. The Labute approximate surface area is 239 Å². The highest BCUT2D eigenvalue weighted by Gasteiger charge is 2.18. The number of hydrogen-bond donors (Lipinski definition) is 4. The Bertz CT molecular complexity index is 1620. The largest absolute Gasteiger partial charge is 0.437 e. The first-order valence-electron chi connectivity index (χ1n) is 14.1. The summed E-state index contributed by atoms with van der Waals surface area (Å²) in [4.78, 5) is 13.8. The molecule has 5 aromatic rings. The summed E-state index contributed by atoms with van der Waals surface area (Å²) < 4.78 is 6.57. The second-order valence-corrected chi connectivity index (χ2v) is 10.3. The molecule has 8 heteroatoms. The van der Waals surface area contributed by atoms with Gasteiger partial charge in [0, 0.05) is 48.0 Å². The molecule has 1 aliphatic heterocycles. The zero-order chi connectivity index (χ0) is 28.0. The average molecular weight is 547 g/mol. The lowest BCUT2D eigenvalue weighted by Gasteiger charge is -2.23. The van der Waals surface area contributed by atoms with E-state index in [2.05, 4.69) is 32.0 Å². The van der Waals surface area contributed by atoms with Gasteiger partial charge in [-0.15, -0.1) is 0 Å². The van der Waals surface area contributed by atoms with Crippen molar-refractivity contribution in [3.63, 3.8) is 0 Å². The number of aliphatic hydroxyl groups excluding tert-OH is 1. The third-order valence-electron chi connectivity index (χ3n) is 7.41. The van der Waals surface area contributed by atoms with E-state index in [1.807, 2.05) is 79.7 Å². The minimum Gasteiger partial charge on any atom is -0.437 e. The predicted octanol–water partition coefficient (Wildman–Crippen LogP) is 6.10. The lowest BCUT2D eigenvalue weighted by atomic mass is 10.0. The van der Waals surface area contributed by atoms with E-state index in [0.717, 1.165) is 70.5 Å². The molecular weight excluding hydrogens is 512 g/mol. The molecule has 4 N–H and O–H groups in total. The van der Waals surface area contributed by atoms with Crippen LogP contribution in [0.25, 0.3) is 22.0 Å². The van der Waals surface area contributed by atoms with Crippen molar-refractivity contribution in [3.05, 3.63) is 102 Å². The summed E-state index contributed by atoms with van der Waals surface area (Å²) in [5.74, 6) is 1.81. The van der Waals surface area contributed by atoms with Gasteiger partial charge in [-0.05, 0) is 61.7 Å². The fraction of sp³-hybridized carbons (Fsp3) is 0.242. The smallest absolute Gasteiger partial charge is 0.228 e. The van der Waals surface area contributed by atoms with Crippen LogP contribution >= 0.6 is 0 Å². The number of rotatable bonds is 9. The van der Waals surface area contributed by atoms with Crippen LogP contribution in [-0.2, 0) is 0 Å². The van der Waals surface area contributed by atoms with E-state index >= 15 is 0 Å². The number of anilines is 2. The van der Waals surface area contributed by atoms with Crippen molar-refractivity contribution in [1.29, 1.82) is 0 Å². The first-order valence-corrected chi connectivity index (χ1v) is 14.1. The van der Waals surface area contributed by atoms with Crippen molar-refractivity contribution < 1.29 is 9.84 Å². The van der Waals surface area contributed by atoms with Crippen molar-refractivity contribution in [2.45, 2.75) is 31.9 Å². The van der Waals surface area contributed by atoms with Crippen molar-refractivity contribution >= 4 is 22.4 Å². The molecule has 3 heterocycles. The molecule has 208 valence electrons. The number of aryl methyl sites for hydroxylation is 1. The molecule has 0 amide bonds. The molecule has 0 saturated carbocycles. The van der Waals surface area contributed by atoms with Gasteiger partial charge in [0.1, 0.15) is 5.75 Å². The molecule has 1 fully saturated rings. The summed E-state index contributed by atoms with van der Waals surface area (Å²) >= 11 is 0. The number of aliphatic hydroxyl groups is 1. The molecule has 0 spiro atoms. The molecule has 2 aromatic heterocycles. The zero-order valence-electron chi connectivity index (χ0n) is 23.0. The number of nitrogens with zero attached hydrogens (tertiary/aromatic N) is 3. The van der Waals surface area contributed by atoms with Gasteiger partial charge in [0.15, 0.2) is 0 Å². The Hall–Kier alpha value is -4.53. The molecule has 1 aliphatic rings. The van der Waals surface area contributed by atoms with E-state index in [-0.39, 0.29) is 0 Å². The van der Waals surface area contributed by atoms with E-state index in [1.54, 1.807) is 12.4 Å². The Balaban J connectivity index is 1.27. The van der Waals surface area contributed by atoms with Gasteiger partial charge in [-0.25, -0.2) is 15.0 Å². The summed E-state index contributed by atoms with van der Waals surface area (Å²) in [5, 5.41) is 22.9. The first kappa shape index (κ1) is 26.7. The van der Waals surface area contributed by atoms with E-state index in [4.69, 9.17) is 9.72 Å². The molecule has 3 aromatic carbocycles. The van der Waals surface area contributed by atoms with Gasteiger partial charge in [-0.2, -0.15) is 0 Å². The summed E-state index contributed by atoms with van der Waals surface area (Å²) in [6.07, 6.45) is 5.09. The number of hydrogen-bond acceptors (Lipinski definition) is 8. The fourth-order valence-corrected chi connectivity index (χ4v) is 5.23. The second kappa shape index (κ2) is 12.3. The molecule has 41 heavy (non-hydrogen) atoms. The first-order chi connectivity index (χ1) is 20.2. The van der Waals surface area contributed by atoms with Gasteiger partial charge in [-0.1, -0.05) is 54.6 Å². The van der Waals surface area contributed by atoms with Gasteiger partial charge >= 0.3 is 0 Å². The number of piperidine rings is 1. The van der Waals surface area contributed by atoms with E-state index < -0.39 is 6.10 Å². The van der Waals surface area contributed by atoms with Crippen LogP contribution in [0.2, 0.25) is 0 Å². The van der Waals surface area contributed by atoms with Crippen LogP contribution in [0.4, 0.5) is 11.6 Å². The highest BCUT2D eigenvalue weighted by Crippen LogP contribution is 2.38. The maximum atomic E-state index is 10.7. The molecule has 2 atom stereocenters. The maximum absolute atomic E-state index is 10.7. The highest BCUT2D eigenvalue weighted by molar-refractivity contribution is 5.98. The van der Waals surface area contributed by atoms with Gasteiger partial charge < -0.3 is 25.8 Å². The van der Waals surface area contributed by atoms with Crippen molar-refractivity contribution in [1.82, 2.24) is 20.3 Å². The molecule has 6 rings (SSSR count). The molecule has 0 aliphatic carbocycles. The number of fused-ring (bicyclic) bond motifs is 1. The molecule has 1 saturated heterocycles. The van der Waals surface area contributed by atoms with Gasteiger partial charge in [0.05, 0.1) is 17.4 Å². The molecule has 0 bridgehead atoms. The third-order valence-corrected chi connectivity index (χ3v) is 7.41. The van der Waals surface area contributed by atoms with Crippen LogP contribution in [0.15, 0.2) is 91.3 Å². The number of nitrogens with one attached hydrogen (secondary N) is 3. The van der Waals surface area contributed by atoms with Gasteiger partial charge in [0.2, 0.25) is 11.8 Å². The Morgan fingerprint density at radius 1 is 0.951 bits per heavy atom. The topological polar surface area (TPSA) is 104 Å². The normalized spacial score (nSPS) is 15.8. The summed E-state index contributed by atoms with van der Waals surface area (Å²) in [6.45, 7) is 4.37. The monoisotopic (exact) mass is 546 g/mol. The average Bonchev–Trinajstić information content (AvgIpc) is 3.02. The van der Waals surface area contributed by atoms with Crippen LogP contribution in [0.1, 0.15) is 30.1 Å². The fourth-order valence-electron chi connectivity index (χ4n) is 5.23. The van der Waals surface area contributed by atoms with Crippen molar-refractivity contribution in [2.75, 3.05) is 30.3 Å². The predicted molar refractivity (Wildman–Crippen MR) is 163 cm³/mol. The SMILES string of the molecule is Cc1ccc2c(NC[C@H](O)c3ccccc3)cccc2c1Oc1ncccc1-c1ccnc(N[C@H]2CCCNC2)n1. The number of pyridine rings is 1. The lowest BCUT2D eigenvalue weighted by molar-refractivity contribution is 0.191. The minimum absolute atomic E-state index is 0.304. The number of benzene rings is 3. The molecule has 0 unspecified atom stereocenters. The Kier molecular flexibility index (Phi) is 8.02. The Morgan fingerprint density at radius 3 is 2.71 bits per heavy atom. The maximum Gasteiger partial charge on any atom is 0.228 e. The van der Waals surface area contributed by atoms with E-state index in [9.17, 15) is 5.11 Å². The van der Waals surface area contributed by atoms with Crippen molar-refractivity contribution in [2.24, 2.45) is 0 Å². The third kappa shape index (κ3) is 6.14. The van der Waals surface area contributed by atoms with Crippen LogP contribution in [0.3, 0.4) is 0 Å². The minimum atomic E-state index is -0.620. The van der Waals surface area contributed by atoms with E-state index in [1.165, 1.54) is 0 Å². The molecule has 8 nitrogen and oxygen atoms in total. The summed E-state index contributed by atoms with van der Waals surface area (Å²) in [7, 11) is 0. The van der Waals surface area contributed by atoms with E-state index in [0.29, 0.717) is 24.4 Å². The summed E-state index contributed by atoms with van der Waals surface area (Å²) in [6, 6.07) is 25.9. The van der Waals surface area contributed by atoms with Crippen LogP contribution in [-0.4, -0.2) is 45.7 Å². The van der Waals surface area contributed by atoms with Crippen molar-refractivity contribution in [3.8, 4) is 22.9 Å². The number of aromatic nitrogens is 3. The van der Waals surface area contributed by atoms with Crippen LogP contribution in [0.5, 0.6) is 11.6 Å². The standard InChI is InChI=1S/C33H34N6O2/c1-22-14-15-25-26(11-5-13-28(25)37-21-30(40)23-8-3-2-4-9-23)31(22)41-32-27(12-7-18-35-32)29-16-19-36-33(39-29)38-24-10-6-17-34-20-24/h2-5,7-9,11-16,18-19,24,30,34,37,40H,6,10,17,20-21H2,1H3,(H,36,38,39)/t24-,30-/m0/s1. The quantitative estimate of drug-likeness (QED) is 0.176. The number of ether oxygens (including phenoxy) is 1. The van der Waals surface area contributed by atoms with Crippen LogP contribution < -0.4 is 20.7 Å². The Morgan fingerprint density at radius 2 is 1.85 bits per heavy atom.